The van der Waals surface area contributed by atoms with Crippen LogP contribution >= 0.6 is 11.3 Å². The highest BCUT2D eigenvalue weighted by molar-refractivity contribution is 7.11. The Morgan fingerprint density at radius 3 is 2.58 bits per heavy atom. The molecule has 0 spiro atoms. The quantitative estimate of drug-likeness (QED) is 0.649. The van der Waals surface area contributed by atoms with Crippen LogP contribution in [0.2, 0.25) is 0 Å². The molecule has 7 heteroatoms. The molecular formula is C19H21N3O3S. The van der Waals surface area contributed by atoms with Gasteiger partial charge in [-0.05, 0) is 48.6 Å². The number of nitrogens with one attached hydrogen (secondary N) is 1. The molecule has 2 heterocycles. The van der Waals surface area contributed by atoms with E-state index in [9.17, 15) is 9.59 Å². The molecule has 3 rings (SSSR count). The van der Waals surface area contributed by atoms with E-state index in [0.717, 1.165) is 10.6 Å². The molecule has 1 fully saturated rings. The Kier molecular flexibility index (Phi) is 6.01. The fourth-order valence-corrected chi connectivity index (χ4v) is 3.46. The Hall–Kier alpha value is -2.67. The van der Waals surface area contributed by atoms with Crippen molar-refractivity contribution in [2.24, 2.45) is 11.0 Å². The first kappa shape index (κ1) is 18.1. The van der Waals surface area contributed by atoms with Gasteiger partial charge in [-0.25, -0.2) is 5.43 Å². The molecule has 26 heavy (non-hydrogen) atoms. The van der Waals surface area contributed by atoms with E-state index in [1.54, 1.807) is 53.8 Å². The zero-order chi connectivity index (χ0) is 18.4. The zero-order valence-corrected chi connectivity index (χ0v) is 15.4. The molecule has 0 bridgehead atoms. The number of likely N-dealkylation sites (tertiary alicyclic amines) is 1. The molecule has 0 atom stereocenters. The minimum atomic E-state index is -0.115. The van der Waals surface area contributed by atoms with Crippen LogP contribution in [0, 0.1) is 5.92 Å². The van der Waals surface area contributed by atoms with E-state index in [-0.39, 0.29) is 17.7 Å². The highest BCUT2D eigenvalue weighted by Crippen LogP contribution is 2.20. The van der Waals surface area contributed by atoms with Gasteiger partial charge in [0.1, 0.15) is 5.75 Å². The van der Waals surface area contributed by atoms with Gasteiger partial charge in [-0.15, -0.1) is 11.3 Å². The Morgan fingerprint density at radius 2 is 1.96 bits per heavy atom. The number of methoxy groups -OCH3 is 1. The summed E-state index contributed by atoms with van der Waals surface area (Å²) < 4.78 is 5.11. The number of hydrogen-bond acceptors (Lipinski definition) is 5. The fraction of sp³-hybridized carbons (Fsp3) is 0.316. The molecular weight excluding hydrogens is 350 g/mol. The fourth-order valence-electron chi connectivity index (χ4n) is 2.88. The molecule has 6 nitrogen and oxygen atoms in total. The van der Waals surface area contributed by atoms with Crippen molar-refractivity contribution in [3.8, 4) is 5.75 Å². The van der Waals surface area contributed by atoms with Crippen LogP contribution in [0.4, 0.5) is 0 Å². The number of ether oxygens (including phenoxy) is 1. The monoisotopic (exact) mass is 371 g/mol. The number of hydrazone groups is 1. The summed E-state index contributed by atoms with van der Waals surface area (Å²) in [5.74, 6) is 0.506. The smallest absolute Gasteiger partial charge is 0.253 e. The van der Waals surface area contributed by atoms with E-state index >= 15 is 0 Å². The highest BCUT2D eigenvalue weighted by atomic mass is 32.1. The van der Waals surface area contributed by atoms with Crippen molar-refractivity contribution < 1.29 is 14.3 Å². The molecule has 136 valence electrons. The van der Waals surface area contributed by atoms with E-state index < -0.39 is 0 Å². The van der Waals surface area contributed by atoms with Gasteiger partial charge in [0, 0.05) is 29.4 Å². The third kappa shape index (κ3) is 4.49. The first-order chi connectivity index (χ1) is 12.7. The Balaban J connectivity index is 1.48. The summed E-state index contributed by atoms with van der Waals surface area (Å²) in [4.78, 5) is 27.5. The lowest BCUT2D eigenvalue weighted by atomic mass is 9.95. The van der Waals surface area contributed by atoms with Crippen molar-refractivity contribution >= 4 is 29.4 Å². The number of carbonyl (C=O) groups is 2. The van der Waals surface area contributed by atoms with E-state index in [2.05, 4.69) is 10.5 Å². The van der Waals surface area contributed by atoms with E-state index in [4.69, 9.17) is 4.74 Å². The van der Waals surface area contributed by atoms with Gasteiger partial charge >= 0.3 is 0 Å². The first-order valence-corrected chi connectivity index (χ1v) is 9.35. The van der Waals surface area contributed by atoms with Gasteiger partial charge in [-0.3, -0.25) is 9.59 Å². The van der Waals surface area contributed by atoms with E-state index in [1.165, 1.54) is 0 Å². The molecule has 1 aromatic heterocycles. The molecule has 1 N–H and O–H groups in total. The third-order valence-corrected chi connectivity index (χ3v) is 5.21. The molecule has 2 amide bonds. The standard InChI is InChI=1S/C19H21N3O3S/c1-25-16-6-4-15(5-7-16)19(24)22-10-8-14(9-11-22)18(23)21-20-13-17-3-2-12-26-17/h2-7,12-14H,8-11H2,1H3,(H,21,23)/b20-13-. The normalized spacial score (nSPS) is 15.2. The molecule has 1 saturated heterocycles. The van der Waals surface area contributed by atoms with Crippen LogP contribution in [-0.2, 0) is 4.79 Å². The maximum Gasteiger partial charge on any atom is 0.253 e. The summed E-state index contributed by atoms with van der Waals surface area (Å²) in [5.41, 5.74) is 3.23. The lowest BCUT2D eigenvalue weighted by molar-refractivity contribution is -0.126. The van der Waals surface area contributed by atoms with Gasteiger partial charge in [0.05, 0.1) is 13.3 Å². The van der Waals surface area contributed by atoms with Crippen molar-refractivity contribution in [3.05, 3.63) is 52.2 Å². The zero-order valence-electron chi connectivity index (χ0n) is 14.6. The summed E-state index contributed by atoms with van der Waals surface area (Å²) in [5, 5.41) is 5.96. The number of benzene rings is 1. The Morgan fingerprint density at radius 1 is 1.23 bits per heavy atom. The predicted octanol–water partition coefficient (Wildman–Crippen LogP) is 2.76. The van der Waals surface area contributed by atoms with Crippen molar-refractivity contribution in [2.45, 2.75) is 12.8 Å². The third-order valence-electron chi connectivity index (χ3n) is 4.40. The minimum absolute atomic E-state index is 0.0118. The second-order valence-electron chi connectivity index (χ2n) is 6.04. The highest BCUT2D eigenvalue weighted by Gasteiger charge is 2.27. The van der Waals surface area contributed by atoms with Gasteiger partial charge in [0.25, 0.3) is 5.91 Å². The minimum Gasteiger partial charge on any atom is -0.497 e. The second kappa shape index (κ2) is 8.62. The Bertz CT molecular complexity index is 764. The number of nitrogens with zero attached hydrogens (tertiary/aromatic N) is 2. The molecule has 0 saturated carbocycles. The van der Waals surface area contributed by atoms with Crippen LogP contribution in [0.25, 0.3) is 0 Å². The molecule has 0 unspecified atom stereocenters. The van der Waals surface area contributed by atoms with Crippen molar-refractivity contribution in [2.75, 3.05) is 20.2 Å². The van der Waals surface area contributed by atoms with Crippen molar-refractivity contribution in [1.29, 1.82) is 0 Å². The Labute approximate surface area is 156 Å². The van der Waals surface area contributed by atoms with E-state index in [1.807, 2.05) is 17.5 Å². The largest absolute Gasteiger partial charge is 0.497 e. The molecule has 0 radical (unpaired) electrons. The molecule has 2 aromatic rings. The molecule has 1 aliphatic heterocycles. The summed E-state index contributed by atoms with van der Waals surface area (Å²) >= 11 is 1.56. The number of piperidine rings is 1. The van der Waals surface area contributed by atoms with Crippen molar-refractivity contribution in [1.82, 2.24) is 10.3 Å². The molecule has 1 aliphatic rings. The van der Waals surface area contributed by atoms with Crippen LogP contribution in [0.1, 0.15) is 28.1 Å². The summed E-state index contributed by atoms with van der Waals surface area (Å²) in [6.07, 6.45) is 2.93. The number of thiophene rings is 1. The van der Waals surface area contributed by atoms with Gasteiger partial charge in [0.2, 0.25) is 5.91 Å². The number of carbonyl (C=O) groups excluding carboxylic acids is 2. The SMILES string of the molecule is COc1ccc(C(=O)N2CCC(C(=O)N/N=C\c3cccs3)CC2)cc1. The molecule has 0 aliphatic carbocycles. The number of amides is 2. The van der Waals surface area contributed by atoms with Crippen LogP contribution in [0.3, 0.4) is 0 Å². The maximum atomic E-state index is 12.5. The van der Waals surface area contributed by atoms with Gasteiger partial charge < -0.3 is 9.64 Å². The van der Waals surface area contributed by atoms with Crippen molar-refractivity contribution in [3.63, 3.8) is 0 Å². The van der Waals surface area contributed by atoms with Gasteiger partial charge in [-0.1, -0.05) is 6.07 Å². The summed E-state index contributed by atoms with van der Waals surface area (Å²) in [6.45, 7) is 1.13. The maximum absolute atomic E-state index is 12.5. The lowest BCUT2D eigenvalue weighted by Crippen LogP contribution is -2.42. The van der Waals surface area contributed by atoms with Crippen LogP contribution in [0.15, 0.2) is 46.9 Å². The summed E-state index contributed by atoms with van der Waals surface area (Å²) in [6, 6.07) is 10.9. The summed E-state index contributed by atoms with van der Waals surface area (Å²) in [7, 11) is 1.59. The van der Waals surface area contributed by atoms with Crippen LogP contribution in [-0.4, -0.2) is 43.1 Å². The van der Waals surface area contributed by atoms with Crippen LogP contribution < -0.4 is 10.2 Å². The topological polar surface area (TPSA) is 71.0 Å². The van der Waals surface area contributed by atoms with Gasteiger partial charge in [0.15, 0.2) is 0 Å². The van der Waals surface area contributed by atoms with Crippen LogP contribution in [0.5, 0.6) is 5.75 Å². The van der Waals surface area contributed by atoms with Gasteiger partial charge in [-0.2, -0.15) is 5.10 Å². The predicted molar refractivity (Wildman–Crippen MR) is 102 cm³/mol. The second-order valence-corrected chi connectivity index (χ2v) is 7.02. The average Bonchev–Trinajstić information content (AvgIpc) is 3.21. The average molecular weight is 371 g/mol. The molecule has 1 aromatic carbocycles. The van der Waals surface area contributed by atoms with E-state index in [0.29, 0.717) is 31.5 Å². The number of rotatable bonds is 5. The number of hydrogen-bond donors (Lipinski definition) is 1. The first-order valence-electron chi connectivity index (χ1n) is 8.47. The lowest BCUT2D eigenvalue weighted by Gasteiger charge is -2.31.